The monoisotopic (exact) mass is 527 g/mol. The second-order valence-corrected chi connectivity index (χ2v) is 11.1. The van der Waals surface area contributed by atoms with Gasteiger partial charge < -0.3 is 18.8 Å². The zero-order valence-electron chi connectivity index (χ0n) is 20.5. The Labute approximate surface area is 215 Å². The van der Waals surface area contributed by atoms with E-state index in [4.69, 9.17) is 13.9 Å². The first-order valence-corrected chi connectivity index (χ1v) is 13.8. The molecule has 0 spiro atoms. The van der Waals surface area contributed by atoms with E-state index in [-0.39, 0.29) is 23.3 Å². The van der Waals surface area contributed by atoms with Crippen LogP contribution in [0.1, 0.15) is 45.7 Å². The number of hydrogen-bond acceptors (Lipinski definition) is 8. The molecule has 1 N–H and O–H groups in total. The normalized spacial score (nSPS) is 18.8. The van der Waals surface area contributed by atoms with Crippen LogP contribution in [0.25, 0.3) is 10.8 Å². The average molecular weight is 528 g/mol. The van der Waals surface area contributed by atoms with Crippen molar-refractivity contribution < 1.29 is 31.9 Å². The summed E-state index contributed by atoms with van der Waals surface area (Å²) in [6, 6.07) is 7.97. The van der Waals surface area contributed by atoms with Crippen LogP contribution in [0.2, 0.25) is 0 Å². The number of nitrogens with zero attached hydrogens (tertiary/aromatic N) is 2. The van der Waals surface area contributed by atoms with Gasteiger partial charge in [0, 0.05) is 60.6 Å². The molecule has 0 saturated carbocycles. The molecule has 0 radical (unpaired) electrons. The first-order chi connectivity index (χ1) is 17.8. The van der Waals surface area contributed by atoms with E-state index in [1.54, 1.807) is 36.2 Å². The van der Waals surface area contributed by atoms with Gasteiger partial charge in [-0.15, -0.1) is 0 Å². The topological polar surface area (TPSA) is 128 Å². The van der Waals surface area contributed by atoms with E-state index in [2.05, 4.69) is 4.98 Å². The number of aromatic nitrogens is 1. The van der Waals surface area contributed by atoms with E-state index >= 15 is 0 Å². The van der Waals surface area contributed by atoms with Crippen molar-refractivity contribution >= 4 is 32.6 Å². The van der Waals surface area contributed by atoms with Crippen LogP contribution in [0.15, 0.2) is 52.2 Å². The molecule has 3 aromatic rings. The number of piperidine rings is 1. The highest BCUT2D eigenvalue weighted by atomic mass is 32.2. The summed E-state index contributed by atoms with van der Waals surface area (Å²) in [7, 11) is -4.35. The van der Waals surface area contributed by atoms with Crippen LogP contribution in [0.4, 0.5) is 0 Å². The van der Waals surface area contributed by atoms with Gasteiger partial charge in [0.05, 0.1) is 19.3 Å². The molecule has 1 unspecified atom stereocenters. The van der Waals surface area contributed by atoms with Gasteiger partial charge in [-0.05, 0) is 43.7 Å². The van der Waals surface area contributed by atoms with Crippen LogP contribution < -0.4 is 4.72 Å². The van der Waals surface area contributed by atoms with Gasteiger partial charge in [0.15, 0.2) is 5.76 Å². The number of ether oxygens (including phenoxy) is 2. The summed E-state index contributed by atoms with van der Waals surface area (Å²) in [5.74, 6) is -0.812. The van der Waals surface area contributed by atoms with Crippen LogP contribution in [-0.2, 0) is 19.5 Å². The minimum absolute atomic E-state index is 0.0512. The molecule has 2 aliphatic rings. The first-order valence-electron chi connectivity index (χ1n) is 12.3. The van der Waals surface area contributed by atoms with E-state index < -0.39 is 21.0 Å². The maximum absolute atomic E-state index is 13.1. The highest BCUT2D eigenvalue weighted by Crippen LogP contribution is 2.25. The molecule has 2 aliphatic heterocycles. The number of pyridine rings is 1. The largest absolute Gasteiger partial charge is 0.437 e. The summed E-state index contributed by atoms with van der Waals surface area (Å²) in [4.78, 5) is 31.6. The minimum atomic E-state index is -4.35. The quantitative estimate of drug-likeness (QED) is 0.497. The summed E-state index contributed by atoms with van der Waals surface area (Å²) >= 11 is 0. The molecular weight excluding hydrogens is 498 g/mol. The molecule has 2 saturated heterocycles. The van der Waals surface area contributed by atoms with Crippen LogP contribution in [0.3, 0.4) is 0 Å². The number of sulfonamides is 1. The first kappa shape index (κ1) is 25.4. The fourth-order valence-corrected chi connectivity index (χ4v) is 5.67. The van der Waals surface area contributed by atoms with Crippen molar-refractivity contribution in [3.63, 3.8) is 0 Å². The summed E-state index contributed by atoms with van der Waals surface area (Å²) in [5, 5.41) is 0.786. The Balaban J connectivity index is 1.23. The Kier molecular flexibility index (Phi) is 7.27. The molecule has 196 valence electrons. The third-order valence-corrected chi connectivity index (χ3v) is 8.02. The van der Waals surface area contributed by atoms with Gasteiger partial charge in [-0.2, -0.15) is 8.42 Å². The second-order valence-electron chi connectivity index (χ2n) is 9.47. The van der Waals surface area contributed by atoms with Gasteiger partial charge in [0.2, 0.25) is 5.09 Å². The molecule has 10 nitrogen and oxygen atoms in total. The second kappa shape index (κ2) is 10.6. The molecule has 37 heavy (non-hydrogen) atoms. The third-order valence-electron chi connectivity index (χ3n) is 6.83. The summed E-state index contributed by atoms with van der Waals surface area (Å²) in [6.45, 7) is 4.76. The predicted molar refractivity (Wildman–Crippen MR) is 134 cm³/mol. The number of amides is 2. The Morgan fingerprint density at radius 2 is 2.00 bits per heavy atom. The highest BCUT2D eigenvalue weighted by molar-refractivity contribution is 7.90. The lowest BCUT2D eigenvalue weighted by molar-refractivity contribution is -0.00854. The van der Waals surface area contributed by atoms with Crippen molar-refractivity contribution in [1.82, 2.24) is 14.6 Å². The van der Waals surface area contributed by atoms with Crippen molar-refractivity contribution in [1.29, 1.82) is 0 Å². The number of furan rings is 1. The average Bonchev–Trinajstić information content (AvgIpc) is 3.57. The lowest BCUT2D eigenvalue weighted by Gasteiger charge is -2.32. The van der Waals surface area contributed by atoms with Crippen LogP contribution >= 0.6 is 0 Å². The van der Waals surface area contributed by atoms with Crippen molar-refractivity contribution in [2.24, 2.45) is 5.92 Å². The molecule has 1 aromatic carbocycles. The number of aryl methyl sites for hydroxylation is 1. The van der Waals surface area contributed by atoms with Crippen LogP contribution in [0, 0.1) is 12.8 Å². The zero-order chi connectivity index (χ0) is 26.0. The SMILES string of the molecule is Cc1cc(S(=O)(=O)NC(=O)c2cccc3ccncc23)oc1C(=O)N1CCC(OCC2CCOC2)CC1. The summed E-state index contributed by atoms with van der Waals surface area (Å²) in [6.07, 6.45) is 5.58. The number of carbonyl (C=O) groups is 2. The lowest BCUT2D eigenvalue weighted by Crippen LogP contribution is -2.41. The van der Waals surface area contributed by atoms with Crippen LogP contribution in [-0.4, -0.2) is 69.1 Å². The van der Waals surface area contributed by atoms with Gasteiger partial charge in [0.25, 0.3) is 21.8 Å². The maximum Gasteiger partial charge on any atom is 0.297 e. The van der Waals surface area contributed by atoms with Crippen LogP contribution in [0.5, 0.6) is 0 Å². The molecule has 2 aromatic heterocycles. The maximum atomic E-state index is 13.1. The Morgan fingerprint density at radius 3 is 2.76 bits per heavy atom. The fraction of sp³-hybridized carbons (Fsp3) is 0.423. The van der Waals surface area contributed by atoms with E-state index in [0.717, 1.165) is 25.0 Å². The molecule has 11 heteroatoms. The van der Waals surface area contributed by atoms with Crippen molar-refractivity contribution in [3.05, 3.63) is 59.6 Å². The number of hydrogen-bond donors (Lipinski definition) is 1. The predicted octanol–water partition coefficient (Wildman–Crippen LogP) is 2.91. The molecule has 2 fully saturated rings. The molecule has 4 heterocycles. The Hall–Kier alpha value is -3.28. The standard InChI is InChI=1S/C26H29N3O7S/c1-17-13-23(37(32,33)28-25(30)21-4-2-3-19-5-9-27-14-22(19)21)36-24(17)26(31)29-10-6-20(7-11-29)35-16-18-8-12-34-15-18/h2-5,9,13-14,18,20H,6-8,10-12,15-16H2,1H3,(H,28,30). The number of rotatable bonds is 7. The minimum Gasteiger partial charge on any atom is -0.437 e. The molecular formula is C26H29N3O7S. The van der Waals surface area contributed by atoms with Crippen molar-refractivity contribution in [2.45, 2.75) is 37.4 Å². The number of fused-ring (bicyclic) bond motifs is 1. The van der Waals surface area contributed by atoms with Gasteiger partial charge in [-0.1, -0.05) is 12.1 Å². The van der Waals surface area contributed by atoms with E-state index in [9.17, 15) is 18.0 Å². The van der Waals surface area contributed by atoms with Gasteiger partial charge in [-0.3, -0.25) is 14.6 Å². The van der Waals surface area contributed by atoms with Crippen molar-refractivity contribution in [3.8, 4) is 0 Å². The fourth-order valence-electron chi connectivity index (χ4n) is 4.69. The Morgan fingerprint density at radius 1 is 1.19 bits per heavy atom. The van der Waals surface area contributed by atoms with Gasteiger partial charge >= 0.3 is 0 Å². The number of benzene rings is 1. The van der Waals surface area contributed by atoms with Gasteiger partial charge in [-0.25, -0.2) is 4.72 Å². The smallest absolute Gasteiger partial charge is 0.297 e. The van der Waals surface area contributed by atoms with E-state index in [1.165, 1.54) is 18.3 Å². The molecule has 2 amide bonds. The number of nitrogens with one attached hydrogen (secondary N) is 1. The van der Waals surface area contributed by atoms with E-state index in [0.29, 0.717) is 49.4 Å². The molecule has 1 atom stereocenters. The number of carbonyl (C=O) groups excluding carboxylic acids is 2. The highest BCUT2D eigenvalue weighted by Gasteiger charge is 2.31. The summed E-state index contributed by atoms with van der Waals surface area (Å²) in [5.41, 5.74) is 0.547. The van der Waals surface area contributed by atoms with E-state index in [1.807, 2.05) is 4.72 Å². The molecule has 0 aliphatic carbocycles. The molecule has 5 rings (SSSR count). The molecule has 0 bridgehead atoms. The van der Waals surface area contributed by atoms with Gasteiger partial charge in [0.1, 0.15) is 0 Å². The Bertz CT molecular complexity index is 1400. The number of likely N-dealkylation sites (tertiary alicyclic amines) is 1. The summed E-state index contributed by atoms with van der Waals surface area (Å²) < 4.78 is 44.8. The lowest BCUT2D eigenvalue weighted by atomic mass is 10.1. The third kappa shape index (κ3) is 5.53. The zero-order valence-corrected chi connectivity index (χ0v) is 21.3. The van der Waals surface area contributed by atoms with Crippen molar-refractivity contribution in [2.75, 3.05) is 32.9 Å².